The van der Waals surface area contributed by atoms with E-state index in [4.69, 9.17) is 21.1 Å². The Labute approximate surface area is 193 Å². The molecule has 9 heteroatoms. The van der Waals surface area contributed by atoms with Crippen LogP contribution in [-0.2, 0) is 4.74 Å². The number of methoxy groups -OCH3 is 1. The van der Waals surface area contributed by atoms with Crippen molar-refractivity contribution in [3.63, 3.8) is 0 Å². The molecule has 0 spiro atoms. The summed E-state index contributed by atoms with van der Waals surface area (Å²) in [6.45, 7) is 3.73. The van der Waals surface area contributed by atoms with Gasteiger partial charge in [-0.2, -0.15) is 20.5 Å². The fourth-order valence-electron chi connectivity index (χ4n) is 3.84. The fourth-order valence-corrected chi connectivity index (χ4v) is 4.90. The number of anilines is 1. The molecule has 4 rings (SSSR count). The van der Waals surface area contributed by atoms with Crippen molar-refractivity contribution < 1.29 is 22.6 Å². The Morgan fingerprint density at radius 3 is 2.62 bits per heavy atom. The minimum Gasteiger partial charge on any atom is -0.496 e. The number of pyridine rings is 1. The largest absolute Gasteiger partial charge is 0.496 e. The molecule has 0 aliphatic carbocycles. The molecule has 1 aromatic heterocycles. The number of hydrogen-bond donors (Lipinski definition) is 1. The second kappa shape index (κ2) is 8.65. The summed E-state index contributed by atoms with van der Waals surface area (Å²) in [6, 6.07) is 10.5. The van der Waals surface area contributed by atoms with Crippen molar-refractivity contribution >= 4 is 40.0 Å². The van der Waals surface area contributed by atoms with Crippen LogP contribution in [0.4, 0.5) is 18.9 Å². The Bertz CT molecular complexity index is 1160. The highest BCUT2D eigenvalue weighted by Gasteiger charge is 2.78. The van der Waals surface area contributed by atoms with Gasteiger partial charge in [0.25, 0.3) is 0 Å². The number of rotatable bonds is 8. The van der Waals surface area contributed by atoms with Crippen LogP contribution in [0.1, 0.15) is 24.2 Å². The van der Waals surface area contributed by atoms with E-state index in [2.05, 4.69) is 10.3 Å². The Hall–Kier alpha value is -2.16. The minimum atomic E-state index is -3.45. The average Bonchev–Trinajstić information content (AvgIpc) is 3.33. The standard InChI is InChI=1S/C23H22ClF3N2O2S/c1-4-32-12-22(23(26,27)31-22)21(19-18(30-3)11-10-15(24)20(19)25)29-17-7-5-6-16-14(17)9-8-13(2)28-16/h5-11,21,29H,4,12H2,1-3H3. The summed E-state index contributed by atoms with van der Waals surface area (Å²) >= 11 is 7.34. The minimum absolute atomic E-state index is 0.0502. The normalized spacial score (nSPS) is 20.2. The molecule has 1 aliphatic rings. The predicted molar refractivity (Wildman–Crippen MR) is 123 cm³/mol. The van der Waals surface area contributed by atoms with Gasteiger partial charge in [0.15, 0.2) is 11.4 Å². The molecule has 3 aromatic rings. The van der Waals surface area contributed by atoms with E-state index in [1.165, 1.54) is 31.0 Å². The summed E-state index contributed by atoms with van der Waals surface area (Å²) in [5, 5.41) is 3.66. The number of halogens is 4. The number of ether oxygens (including phenoxy) is 2. The molecule has 1 aliphatic heterocycles. The molecule has 0 radical (unpaired) electrons. The molecule has 4 nitrogen and oxygen atoms in total. The Kier molecular flexibility index (Phi) is 6.22. The van der Waals surface area contributed by atoms with Gasteiger partial charge in [-0.3, -0.25) is 9.72 Å². The zero-order chi connectivity index (χ0) is 23.1. The number of thioether (sulfide) groups is 1. The van der Waals surface area contributed by atoms with E-state index in [0.29, 0.717) is 22.3 Å². The second-order valence-corrected chi connectivity index (χ2v) is 9.21. The summed E-state index contributed by atoms with van der Waals surface area (Å²) < 4.78 is 55.2. The van der Waals surface area contributed by atoms with Gasteiger partial charge in [-0.15, -0.1) is 0 Å². The van der Waals surface area contributed by atoms with Crippen molar-refractivity contribution in [3.8, 4) is 5.75 Å². The second-order valence-electron chi connectivity index (χ2n) is 7.53. The van der Waals surface area contributed by atoms with Gasteiger partial charge in [-0.05, 0) is 49.1 Å². The van der Waals surface area contributed by atoms with E-state index in [-0.39, 0.29) is 22.1 Å². The maximum atomic E-state index is 15.3. The average molecular weight is 483 g/mol. The highest BCUT2D eigenvalue weighted by atomic mass is 35.5. The van der Waals surface area contributed by atoms with Crippen LogP contribution in [-0.4, -0.2) is 35.3 Å². The molecule has 32 heavy (non-hydrogen) atoms. The van der Waals surface area contributed by atoms with Crippen molar-refractivity contribution in [2.45, 2.75) is 31.6 Å². The van der Waals surface area contributed by atoms with Gasteiger partial charge in [0, 0.05) is 22.5 Å². The number of benzene rings is 2. The van der Waals surface area contributed by atoms with Gasteiger partial charge in [0.2, 0.25) is 0 Å². The van der Waals surface area contributed by atoms with E-state index in [9.17, 15) is 8.78 Å². The maximum absolute atomic E-state index is 15.3. The third-order valence-corrected chi connectivity index (χ3v) is 6.85. The lowest BCUT2D eigenvalue weighted by atomic mass is 9.91. The van der Waals surface area contributed by atoms with Crippen molar-refractivity contribution in [1.82, 2.24) is 4.98 Å². The first-order chi connectivity index (χ1) is 15.2. The third kappa shape index (κ3) is 3.89. The molecular formula is C23H22ClF3N2O2S. The number of alkyl halides is 2. The van der Waals surface area contributed by atoms with Crippen LogP contribution in [0.5, 0.6) is 5.75 Å². The molecule has 2 heterocycles. The van der Waals surface area contributed by atoms with Crippen LogP contribution in [0.2, 0.25) is 5.02 Å². The lowest BCUT2D eigenvalue weighted by Gasteiger charge is -2.28. The van der Waals surface area contributed by atoms with E-state index in [1.807, 2.05) is 32.0 Å². The molecule has 2 aromatic carbocycles. The Balaban J connectivity index is 1.90. The van der Waals surface area contributed by atoms with Crippen LogP contribution in [0.25, 0.3) is 10.9 Å². The number of hydrogen-bond acceptors (Lipinski definition) is 5. The summed E-state index contributed by atoms with van der Waals surface area (Å²) in [6.07, 6.45) is -3.45. The summed E-state index contributed by atoms with van der Waals surface area (Å²) in [7, 11) is 1.35. The lowest BCUT2D eigenvalue weighted by molar-refractivity contribution is 0.000665. The van der Waals surface area contributed by atoms with Crippen LogP contribution < -0.4 is 10.1 Å². The third-order valence-electron chi connectivity index (χ3n) is 5.52. The number of aryl methyl sites for hydroxylation is 1. The van der Waals surface area contributed by atoms with E-state index >= 15 is 4.39 Å². The lowest BCUT2D eigenvalue weighted by Crippen LogP contribution is -2.36. The molecule has 0 saturated carbocycles. The van der Waals surface area contributed by atoms with Crippen LogP contribution in [0.15, 0.2) is 42.5 Å². The fraction of sp³-hybridized carbons (Fsp3) is 0.348. The van der Waals surface area contributed by atoms with Crippen molar-refractivity contribution in [2.75, 3.05) is 23.9 Å². The van der Waals surface area contributed by atoms with Crippen molar-refractivity contribution in [1.29, 1.82) is 0 Å². The van der Waals surface area contributed by atoms with Crippen LogP contribution in [0.3, 0.4) is 0 Å². The number of nitrogens with zero attached hydrogens (tertiary/aromatic N) is 1. The Morgan fingerprint density at radius 2 is 1.97 bits per heavy atom. The number of fused-ring (bicyclic) bond motifs is 1. The van der Waals surface area contributed by atoms with Crippen LogP contribution >= 0.6 is 23.4 Å². The smallest absolute Gasteiger partial charge is 0.389 e. The SMILES string of the molecule is CCSCC1(C(Nc2cccc3nc(C)ccc23)c2c(OC)ccc(Cl)c2F)OC1(F)F. The Morgan fingerprint density at radius 1 is 1.22 bits per heavy atom. The molecule has 1 saturated heterocycles. The first-order valence-electron chi connectivity index (χ1n) is 10.0. The molecule has 170 valence electrons. The van der Waals surface area contributed by atoms with Gasteiger partial charge in [0.1, 0.15) is 5.75 Å². The molecule has 1 fully saturated rings. The highest BCUT2D eigenvalue weighted by Crippen LogP contribution is 2.61. The summed E-state index contributed by atoms with van der Waals surface area (Å²) in [5.41, 5.74) is -0.0545. The maximum Gasteiger partial charge on any atom is 0.389 e. The number of epoxide rings is 1. The number of nitrogens with one attached hydrogen (secondary N) is 1. The predicted octanol–water partition coefficient (Wildman–Crippen LogP) is 6.61. The van der Waals surface area contributed by atoms with Gasteiger partial charge in [-0.1, -0.05) is 24.6 Å². The van der Waals surface area contributed by atoms with E-state index in [0.717, 1.165) is 5.69 Å². The quantitative estimate of drug-likeness (QED) is 0.366. The molecule has 2 unspecified atom stereocenters. The molecular weight excluding hydrogens is 461 g/mol. The van der Waals surface area contributed by atoms with Crippen molar-refractivity contribution in [3.05, 3.63) is 64.6 Å². The number of aromatic nitrogens is 1. The van der Waals surface area contributed by atoms with Crippen LogP contribution in [0, 0.1) is 12.7 Å². The summed E-state index contributed by atoms with van der Waals surface area (Å²) in [4.78, 5) is 4.49. The van der Waals surface area contributed by atoms with Gasteiger partial charge in [-0.25, -0.2) is 4.39 Å². The van der Waals surface area contributed by atoms with Crippen molar-refractivity contribution in [2.24, 2.45) is 0 Å². The molecule has 2 atom stereocenters. The first-order valence-corrected chi connectivity index (χ1v) is 11.6. The first kappa shape index (κ1) is 23.0. The summed E-state index contributed by atoms with van der Waals surface area (Å²) in [5.74, 6) is -0.179. The molecule has 0 bridgehead atoms. The highest BCUT2D eigenvalue weighted by molar-refractivity contribution is 7.99. The zero-order valence-corrected chi connectivity index (χ0v) is 19.3. The van der Waals surface area contributed by atoms with E-state index in [1.54, 1.807) is 12.1 Å². The topological polar surface area (TPSA) is 46.7 Å². The molecule has 0 amide bonds. The molecule has 1 N–H and O–H groups in total. The monoisotopic (exact) mass is 482 g/mol. The van der Waals surface area contributed by atoms with Gasteiger partial charge < -0.3 is 10.1 Å². The van der Waals surface area contributed by atoms with Gasteiger partial charge >= 0.3 is 6.11 Å². The van der Waals surface area contributed by atoms with E-state index < -0.39 is 23.6 Å². The van der Waals surface area contributed by atoms with Gasteiger partial charge in [0.05, 0.1) is 29.3 Å². The zero-order valence-electron chi connectivity index (χ0n) is 17.7.